The van der Waals surface area contributed by atoms with E-state index in [1.807, 2.05) is 21.1 Å². The van der Waals surface area contributed by atoms with E-state index in [0.717, 1.165) is 44.9 Å². The predicted molar refractivity (Wildman–Crippen MR) is 112 cm³/mol. The van der Waals surface area contributed by atoms with Crippen molar-refractivity contribution in [3.8, 4) is 0 Å². The predicted octanol–water partition coefficient (Wildman–Crippen LogP) is 3.55. The maximum atomic E-state index is 12.0. The van der Waals surface area contributed by atoms with Gasteiger partial charge in [-0.05, 0) is 38.5 Å². The van der Waals surface area contributed by atoms with Gasteiger partial charge in [-0.1, -0.05) is 49.8 Å². The molecule has 0 N–H and O–H groups in total. The van der Waals surface area contributed by atoms with Gasteiger partial charge < -0.3 is 19.1 Å². The van der Waals surface area contributed by atoms with Gasteiger partial charge in [0.15, 0.2) is 6.10 Å². The van der Waals surface area contributed by atoms with Crippen LogP contribution in [0.15, 0.2) is 36.5 Å². The number of esters is 1. The molecule has 5 nitrogen and oxygen atoms in total. The summed E-state index contributed by atoms with van der Waals surface area (Å²) >= 11 is 0. The molecular formula is C23H39NO4. The Morgan fingerprint density at radius 1 is 0.929 bits per heavy atom. The lowest BCUT2D eigenvalue weighted by Gasteiger charge is -2.29. The van der Waals surface area contributed by atoms with Crippen molar-refractivity contribution in [3.63, 3.8) is 0 Å². The molecule has 0 aliphatic heterocycles. The number of hydrogen-bond donors (Lipinski definition) is 0. The molecule has 0 aromatic heterocycles. The maximum Gasteiger partial charge on any atom is 0.306 e. The standard InChI is InChI=1S/C23H39NO4/c1-5-6-7-8-9-10-11-12-13-14-15-16-17-18-23(27)28-21(19-22(25)26)20-24(2,3)4/h6-7,9-10,12-13,21H,5,8,11,14-20H2,1-4H3/b7-6+,10-9+,13-12+. The Labute approximate surface area is 171 Å². The minimum absolute atomic E-state index is 0.255. The number of likely N-dealkylation sites (N-methyl/N-ethyl adjacent to an activating group) is 1. The van der Waals surface area contributed by atoms with Crippen molar-refractivity contribution in [3.05, 3.63) is 36.5 Å². The van der Waals surface area contributed by atoms with E-state index in [4.69, 9.17) is 4.74 Å². The topological polar surface area (TPSA) is 66.4 Å². The van der Waals surface area contributed by atoms with Crippen LogP contribution in [0.5, 0.6) is 0 Å². The molecule has 0 rings (SSSR count). The molecule has 1 unspecified atom stereocenters. The number of nitrogens with zero attached hydrogens (tertiary/aromatic N) is 1. The lowest BCUT2D eigenvalue weighted by Crippen LogP contribution is -2.45. The number of carboxylic acids is 1. The normalized spacial score (nSPS) is 13.6. The van der Waals surface area contributed by atoms with Crippen molar-refractivity contribution in [1.82, 2.24) is 0 Å². The third-order valence-corrected chi connectivity index (χ3v) is 3.98. The Morgan fingerprint density at radius 2 is 1.54 bits per heavy atom. The van der Waals surface area contributed by atoms with Gasteiger partial charge in [-0.2, -0.15) is 0 Å². The van der Waals surface area contributed by atoms with Crippen molar-refractivity contribution >= 4 is 11.9 Å². The van der Waals surface area contributed by atoms with E-state index in [1.54, 1.807) is 0 Å². The number of quaternary nitrogens is 1. The van der Waals surface area contributed by atoms with Gasteiger partial charge in [0, 0.05) is 18.8 Å². The zero-order valence-corrected chi connectivity index (χ0v) is 18.2. The Hall–Kier alpha value is -1.88. The molecule has 0 aliphatic carbocycles. The van der Waals surface area contributed by atoms with Crippen LogP contribution in [-0.2, 0) is 14.3 Å². The molecule has 0 saturated heterocycles. The number of ether oxygens (including phenoxy) is 1. The van der Waals surface area contributed by atoms with Crippen LogP contribution >= 0.6 is 0 Å². The van der Waals surface area contributed by atoms with Crippen molar-refractivity contribution in [2.45, 2.75) is 70.8 Å². The minimum Gasteiger partial charge on any atom is -0.550 e. The number of carboxylic acid groups (broad SMARTS) is 1. The van der Waals surface area contributed by atoms with Gasteiger partial charge in [0.05, 0.1) is 21.1 Å². The number of aliphatic carboxylic acids is 1. The molecule has 0 bridgehead atoms. The van der Waals surface area contributed by atoms with Crippen LogP contribution in [0.4, 0.5) is 0 Å². The smallest absolute Gasteiger partial charge is 0.306 e. The first-order valence-electron chi connectivity index (χ1n) is 10.4. The second-order valence-electron chi connectivity index (χ2n) is 8.05. The van der Waals surface area contributed by atoms with Crippen molar-refractivity contribution in [2.75, 3.05) is 27.7 Å². The first-order chi connectivity index (χ1) is 13.2. The average molecular weight is 394 g/mol. The second-order valence-corrected chi connectivity index (χ2v) is 8.05. The summed E-state index contributed by atoms with van der Waals surface area (Å²) in [6, 6.07) is 0. The summed E-state index contributed by atoms with van der Waals surface area (Å²) in [6.45, 7) is 2.58. The summed E-state index contributed by atoms with van der Waals surface area (Å²) in [5.41, 5.74) is 0. The van der Waals surface area contributed by atoms with Crippen molar-refractivity contribution < 1.29 is 23.9 Å². The molecule has 1 atom stereocenters. The molecule has 0 radical (unpaired) electrons. The van der Waals surface area contributed by atoms with E-state index in [-0.39, 0.29) is 12.4 Å². The van der Waals surface area contributed by atoms with E-state index < -0.39 is 12.1 Å². The zero-order valence-electron chi connectivity index (χ0n) is 18.2. The third-order valence-electron chi connectivity index (χ3n) is 3.98. The fraction of sp³-hybridized carbons (Fsp3) is 0.652. The molecule has 0 aromatic rings. The van der Waals surface area contributed by atoms with Gasteiger partial charge in [0.2, 0.25) is 0 Å². The fourth-order valence-electron chi connectivity index (χ4n) is 2.72. The first kappa shape index (κ1) is 26.1. The number of unbranched alkanes of at least 4 members (excludes halogenated alkanes) is 3. The van der Waals surface area contributed by atoms with E-state index in [1.165, 1.54) is 0 Å². The molecule has 160 valence electrons. The number of carbonyl (C=O) groups excluding carboxylic acids is 2. The number of carbonyl (C=O) groups is 2. The Bertz CT molecular complexity index is 515. The zero-order chi connectivity index (χ0) is 21.3. The molecule has 0 aliphatic rings. The van der Waals surface area contributed by atoms with Crippen LogP contribution in [-0.4, -0.2) is 50.2 Å². The first-order valence-corrected chi connectivity index (χ1v) is 10.4. The monoisotopic (exact) mass is 393 g/mol. The van der Waals surface area contributed by atoms with Crippen molar-refractivity contribution in [1.29, 1.82) is 0 Å². The van der Waals surface area contributed by atoms with Crippen LogP contribution in [0, 0.1) is 0 Å². The Kier molecular flexibility index (Phi) is 15.0. The van der Waals surface area contributed by atoms with E-state index >= 15 is 0 Å². The van der Waals surface area contributed by atoms with Crippen LogP contribution in [0.2, 0.25) is 0 Å². The second kappa shape index (κ2) is 16.1. The van der Waals surface area contributed by atoms with Gasteiger partial charge in [-0.25, -0.2) is 0 Å². The van der Waals surface area contributed by atoms with E-state index in [2.05, 4.69) is 43.4 Å². The van der Waals surface area contributed by atoms with Gasteiger partial charge in [-0.15, -0.1) is 0 Å². The lowest BCUT2D eigenvalue weighted by molar-refractivity contribution is -0.873. The highest BCUT2D eigenvalue weighted by Gasteiger charge is 2.22. The quantitative estimate of drug-likeness (QED) is 0.174. The van der Waals surface area contributed by atoms with Crippen LogP contribution < -0.4 is 5.11 Å². The number of allylic oxidation sites excluding steroid dienone is 6. The number of rotatable bonds is 16. The minimum atomic E-state index is -1.19. The van der Waals surface area contributed by atoms with E-state index in [0.29, 0.717) is 17.4 Å². The van der Waals surface area contributed by atoms with Gasteiger partial charge in [0.1, 0.15) is 6.54 Å². The molecule has 0 spiro atoms. The lowest BCUT2D eigenvalue weighted by atomic mass is 10.1. The summed E-state index contributed by atoms with van der Waals surface area (Å²) in [5, 5.41) is 10.8. The summed E-state index contributed by atoms with van der Waals surface area (Å²) in [7, 11) is 5.80. The maximum absolute atomic E-state index is 12.0. The molecule has 0 saturated carbocycles. The SMILES string of the molecule is CC/C=C/C/C=C/C/C=C/CCCCCC(=O)OC(CC(=O)[O-])C[N+](C)(C)C. The Morgan fingerprint density at radius 3 is 2.11 bits per heavy atom. The highest BCUT2D eigenvalue weighted by Crippen LogP contribution is 2.09. The summed E-state index contributed by atoms with van der Waals surface area (Å²) < 4.78 is 5.87. The van der Waals surface area contributed by atoms with Gasteiger partial charge >= 0.3 is 5.97 Å². The van der Waals surface area contributed by atoms with E-state index in [9.17, 15) is 14.7 Å². The summed E-state index contributed by atoms with van der Waals surface area (Å²) in [5.74, 6) is -1.51. The largest absolute Gasteiger partial charge is 0.550 e. The van der Waals surface area contributed by atoms with Crippen LogP contribution in [0.3, 0.4) is 0 Å². The summed E-state index contributed by atoms with van der Waals surface area (Å²) in [4.78, 5) is 22.8. The van der Waals surface area contributed by atoms with Gasteiger partial charge in [-0.3, -0.25) is 4.79 Å². The van der Waals surface area contributed by atoms with Gasteiger partial charge in [0.25, 0.3) is 0 Å². The average Bonchev–Trinajstić information content (AvgIpc) is 2.56. The summed E-state index contributed by atoms with van der Waals surface area (Å²) in [6.07, 6.45) is 19.3. The molecule has 0 heterocycles. The molecular weight excluding hydrogens is 354 g/mol. The molecule has 28 heavy (non-hydrogen) atoms. The molecule has 0 aromatic carbocycles. The van der Waals surface area contributed by atoms with Crippen LogP contribution in [0.25, 0.3) is 0 Å². The molecule has 0 fully saturated rings. The molecule has 5 heteroatoms. The third kappa shape index (κ3) is 18.9. The Balaban J connectivity index is 3.86. The highest BCUT2D eigenvalue weighted by atomic mass is 16.5. The fourth-order valence-corrected chi connectivity index (χ4v) is 2.72. The van der Waals surface area contributed by atoms with Crippen LogP contribution in [0.1, 0.15) is 64.7 Å². The number of hydrogen-bond acceptors (Lipinski definition) is 4. The van der Waals surface area contributed by atoms with Crippen molar-refractivity contribution in [2.24, 2.45) is 0 Å². The highest BCUT2D eigenvalue weighted by molar-refractivity contribution is 5.70. The molecule has 0 amide bonds.